The van der Waals surface area contributed by atoms with Gasteiger partial charge in [0.25, 0.3) is 6.43 Å². The molecule has 0 amide bonds. The molecular weight excluding hydrogens is 373 g/mol. The first-order chi connectivity index (χ1) is 11.9. The Morgan fingerprint density at radius 2 is 2.00 bits per heavy atom. The van der Waals surface area contributed by atoms with Crippen LogP contribution in [0.4, 0.5) is 8.78 Å². The Balaban J connectivity index is 2.15. The molecule has 1 heterocycles. The fraction of sp³-hybridized carbons (Fsp3) is 0.176. The number of halogens is 4. The van der Waals surface area contributed by atoms with E-state index in [0.717, 1.165) is 0 Å². The van der Waals surface area contributed by atoms with E-state index >= 15 is 0 Å². The lowest BCUT2D eigenvalue weighted by molar-refractivity contribution is 0.0595. The van der Waals surface area contributed by atoms with E-state index in [0.29, 0.717) is 26.5 Å². The van der Waals surface area contributed by atoms with Crippen molar-refractivity contribution in [3.05, 3.63) is 63.3 Å². The van der Waals surface area contributed by atoms with Gasteiger partial charge in [-0.3, -0.25) is 4.68 Å². The van der Waals surface area contributed by atoms with Gasteiger partial charge in [0.05, 0.1) is 19.2 Å². The maximum absolute atomic E-state index is 13.0. The highest BCUT2D eigenvalue weighted by atomic mass is 35.5. The number of aromatic nitrogens is 2. The number of fused-ring (bicyclic) bond motifs is 1. The van der Waals surface area contributed by atoms with Crippen molar-refractivity contribution >= 4 is 40.1 Å². The Morgan fingerprint density at radius 3 is 2.64 bits per heavy atom. The van der Waals surface area contributed by atoms with Gasteiger partial charge >= 0.3 is 5.97 Å². The van der Waals surface area contributed by atoms with E-state index < -0.39 is 12.4 Å². The molecule has 3 aromatic rings. The Kier molecular flexibility index (Phi) is 4.92. The minimum atomic E-state index is -2.63. The molecule has 0 saturated heterocycles. The van der Waals surface area contributed by atoms with Crippen LogP contribution in [0.25, 0.3) is 10.9 Å². The summed E-state index contributed by atoms with van der Waals surface area (Å²) < 4.78 is 32.2. The number of alkyl halides is 2. The number of esters is 1. The van der Waals surface area contributed by atoms with E-state index in [1.54, 1.807) is 18.2 Å². The number of hydrogen-bond acceptors (Lipinski definition) is 3. The fourth-order valence-corrected chi connectivity index (χ4v) is 2.97. The molecule has 0 bridgehead atoms. The number of nitrogens with zero attached hydrogens (tertiary/aromatic N) is 2. The quantitative estimate of drug-likeness (QED) is 0.586. The van der Waals surface area contributed by atoms with Gasteiger partial charge < -0.3 is 4.74 Å². The van der Waals surface area contributed by atoms with Crippen molar-refractivity contribution in [2.45, 2.75) is 13.0 Å². The molecule has 0 radical (unpaired) electrons. The maximum Gasteiger partial charge on any atom is 0.359 e. The summed E-state index contributed by atoms with van der Waals surface area (Å²) in [6.07, 6.45) is -2.63. The molecule has 0 aliphatic heterocycles. The van der Waals surface area contributed by atoms with E-state index in [-0.39, 0.29) is 17.8 Å². The van der Waals surface area contributed by atoms with Crippen LogP contribution in [0.1, 0.15) is 28.0 Å². The Morgan fingerprint density at radius 1 is 1.24 bits per heavy atom. The minimum Gasteiger partial charge on any atom is -0.464 e. The molecule has 3 rings (SSSR count). The van der Waals surface area contributed by atoms with Gasteiger partial charge in [0.1, 0.15) is 0 Å². The fourth-order valence-electron chi connectivity index (χ4n) is 2.51. The molecule has 0 spiro atoms. The molecule has 4 nitrogen and oxygen atoms in total. The normalized spacial score (nSPS) is 11.3. The zero-order valence-electron chi connectivity index (χ0n) is 13.0. The van der Waals surface area contributed by atoms with Crippen LogP contribution in [0.5, 0.6) is 0 Å². The van der Waals surface area contributed by atoms with E-state index in [2.05, 4.69) is 5.10 Å². The predicted molar refractivity (Wildman–Crippen MR) is 91.6 cm³/mol. The van der Waals surface area contributed by atoms with Gasteiger partial charge in [-0.2, -0.15) is 5.10 Å². The lowest BCUT2D eigenvalue weighted by Crippen LogP contribution is -2.06. The summed E-state index contributed by atoms with van der Waals surface area (Å²) in [6.45, 7) is 0.191. The molecule has 0 saturated carbocycles. The lowest BCUT2D eigenvalue weighted by Gasteiger charge is -2.07. The van der Waals surface area contributed by atoms with Crippen molar-refractivity contribution < 1.29 is 18.3 Å². The molecule has 0 atom stereocenters. The number of benzene rings is 2. The van der Waals surface area contributed by atoms with Crippen LogP contribution in [0, 0.1) is 0 Å². The monoisotopic (exact) mass is 384 g/mol. The van der Waals surface area contributed by atoms with Crippen molar-refractivity contribution in [1.29, 1.82) is 0 Å². The number of ether oxygens (including phenoxy) is 1. The molecule has 25 heavy (non-hydrogen) atoms. The molecule has 0 unspecified atom stereocenters. The second-order valence-corrected chi connectivity index (χ2v) is 6.15. The average molecular weight is 385 g/mol. The largest absolute Gasteiger partial charge is 0.464 e. The first kappa shape index (κ1) is 17.6. The summed E-state index contributed by atoms with van der Waals surface area (Å²) in [7, 11) is 1.23. The van der Waals surface area contributed by atoms with Gasteiger partial charge in [-0.25, -0.2) is 13.6 Å². The number of carbonyl (C=O) groups is 1. The maximum atomic E-state index is 13.0. The summed E-state index contributed by atoms with van der Waals surface area (Å²) >= 11 is 12.1. The van der Waals surface area contributed by atoms with Crippen LogP contribution in [0.3, 0.4) is 0 Å². The predicted octanol–water partition coefficient (Wildman–Crippen LogP) is 5.12. The third kappa shape index (κ3) is 3.45. The van der Waals surface area contributed by atoms with Crippen molar-refractivity contribution in [2.24, 2.45) is 0 Å². The van der Waals surface area contributed by atoms with Crippen LogP contribution < -0.4 is 0 Å². The van der Waals surface area contributed by atoms with Crippen LogP contribution in [-0.2, 0) is 11.3 Å². The molecular formula is C17H12Cl2F2N2O2. The highest BCUT2D eigenvalue weighted by Crippen LogP contribution is 2.28. The van der Waals surface area contributed by atoms with Crippen LogP contribution in [0.15, 0.2) is 36.4 Å². The van der Waals surface area contributed by atoms with Crippen molar-refractivity contribution in [1.82, 2.24) is 9.78 Å². The third-order valence-electron chi connectivity index (χ3n) is 3.74. The average Bonchev–Trinajstić information content (AvgIpc) is 2.94. The van der Waals surface area contributed by atoms with Crippen LogP contribution >= 0.6 is 23.2 Å². The van der Waals surface area contributed by atoms with Crippen LogP contribution in [0.2, 0.25) is 10.0 Å². The SMILES string of the molecule is COC(=O)c1nn(Cc2ccc(Cl)cc2Cl)c2cc(C(F)F)ccc12. The Labute approximate surface area is 151 Å². The van der Waals surface area contributed by atoms with Gasteiger partial charge in [0.15, 0.2) is 5.69 Å². The second-order valence-electron chi connectivity index (χ2n) is 5.31. The summed E-state index contributed by atoms with van der Waals surface area (Å²) in [4.78, 5) is 11.9. The van der Waals surface area contributed by atoms with Gasteiger partial charge in [0, 0.05) is 21.0 Å². The topological polar surface area (TPSA) is 44.1 Å². The highest BCUT2D eigenvalue weighted by Gasteiger charge is 2.20. The highest BCUT2D eigenvalue weighted by molar-refractivity contribution is 6.35. The summed E-state index contributed by atoms with van der Waals surface area (Å²) in [5.74, 6) is -0.643. The molecule has 1 aromatic heterocycles. The summed E-state index contributed by atoms with van der Waals surface area (Å²) in [5.41, 5.74) is 0.981. The van der Waals surface area contributed by atoms with E-state index in [4.69, 9.17) is 27.9 Å². The number of carbonyl (C=O) groups excluding carboxylic acids is 1. The Hall–Kier alpha value is -2.18. The van der Waals surface area contributed by atoms with Crippen molar-refractivity contribution in [2.75, 3.05) is 7.11 Å². The zero-order valence-corrected chi connectivity index (χ0v) is 14.5. The second kappa shape index (κ2) is 6.98. The van der Waals surface area contributed by atoms with Gasteiger partial charge in [-0.15, -0.1) is 0 Å². The molecule has 0 aliphatic carbocycles. The Bertz CT molecular complexity index is 957. The summed E-state index contributed by atoms with van der Waals surface area (Å²) in [6, 6.07) is 8.98. The van der Waals surface area contributed by atoms with E-state index in [1.807, 2.05) is 0 Å². The van der Waals surface area contributed by atoms with Gasteiger partial charge in [-0.1, -0.05) is 35.3 Å². The van der Waals surface area contributed by atoms with Gasteiger partial charge in [0.2, 0.25) is 0 Å². The van der Waals surface area contributed by atoms with Crippen LogP contribution in [-0.4, -0.2) is 22.9 Å². The summed E-state index contributed by atoms with van der Waals surface area (Å²) in [5, 5.41) is 5.55. The number of rotatable bonds is 4. The van der Waals surface area contributed by atoms with Crippen molar-refractivity contribution in [3.63, 3.8) is 0 Å². The standard InChI is InChI=1S/C17H12Cl2F2N2O2/c1-25-17(24)15-12-5-3-9(16(20)21)6-14(12)23(22-15)8-10-2-4-11(18)7-13(10)19/h2-7,16H,8H2,1H3. The molecule has 2 aromatic carbocycles. The minimum absolute atomic E-state index is 0.0587. The zero-order chi connectivity index (χ0) is 18.1. The molecule has 0 N–H and O–H groups in total. The molecule has 0 fully saturated rings. The smallest absolute Gasteiger partial charge is 0.359 e. The number of hydrogen-bond donors (Lipinski definition) is 0. The third-order valence-corrected chi connectivity index (χ3v) is 4.33. The van der Waals surface area contributed by atoms with E-state index in [9.17, 15) is 13.6 Å². The van der Waals surface area contributed by atoms with E-state index in [1.165, 1.54) is 30.0 Å². The molecule has 8 heteroatoms. The molecule has 0 aliphatic rings. The first-order valence-electron chi connectivity index (χ1n) is 7.21. The van der Waals surface area contributed by atoms with Gasteiger partial charge in [-0.05, 0) is 29.8 Å². The van der Waals surface area contributed by atoms with Crippen molar-refractivity contribution in [3.8, 4) is 0 Å². The lowest BCUT2D eigenvalue weighted by atomic mass is 10.1. The number of methoxy groups -OCH3 is 1. The molecule has 130 valence electrons. The first-order valence-corrected chi connectivity index (χ1v) is 7.97.